The Morgan fingerprint density at radius 1 is 0.737 bits per heavy atom. The molecule has 0 atom stereocenters. The predicted octanol–water partition coefficient (Wildman–Crippen LogP) is 4.16. The van der Waals surface area contributed by atoms with Crippen LogP contribution in [0.4, 0.5) is 0 Å². The highest BCUT2D eigenvalue weighted by Gasteiger charge is 2.33. The van der Waals surface area contributed by atoms with Crippen molar-refractivity contribution in [1.82, 2.24) is 4.90 Å². The molecule has 2 aromatic rings. The van der Waals surface area contributed by atoms with Crippen molar-refractivity contribution < 1.29 is 0 Å². The van der Waals surface area contributed by atoms with Crippen LogP contribution >= 0.6 is 0 Å². The molecule has 0 aromatic heterocycles. The molecular weight excluding hydrogens is 230 g/mol. The Balaban J connectivity index is 2.52. The Hall–Kier alpha value is -1.60. The second-order valence-electron chi connectivity index (χ2n) is 5.80. The van der Waals surface area contributed by atoms with Gasteiger partial charge in [0.05, 0.1) is 0 Å². The normalized spacial score (nSPS) is 12.1. The van der Waals surface area contributed by atoms with Gasteiger partial charge in [0, 0.05) is 11.5 Å². The summed E-state index contributed by atoms with van der Waals surface area (Å²) in [5.74, 6) is 0.366. The third-order valence-corrected chi connectivity index (χ3v) is 4.12. The van der Waals surface area contributed by atoms with E-state index in [1.165, 1.54) is 11.1 Å². The van der Waals surface area contributed by atoms with E-state index >= 15 is 0 Å². The van der Waals surface area contributed by atoms with Crippen LogP contribution in [0.1, 0.15) is 30.9 Å². The van der Waals surface area contributed by atoms with E-state index in [0.29, 0.717) is 5.92 Å². The summed E-state index contributed by atoms with van der Waals surface area (Å²) in [6, 6.07) is 21.5. The van der Waals surface area contributed by atoms with Crippen LogP contribution in [0.2, 0.25) is 0 Å². The van der Waals surface area contributed by atoms with Crippen molar-refractivity contribution in [3.8, 4) is 0 Å². The number of likely N-dealkylation sites (N-methyl/N-ethyl adjacent to an activating group) is 1. The summed E-state index contributed by atoms with van der Waals surface area (Å²) in [7, 11) is 4.30. The van der Waals surface area contributed by atoms with Crippen molar-refractivity contribution in [3.63, 3.8) is 0 Å². The highest BCUT2D eigenvalue weighted by Crippen LogP contribution is 2.37. The monoisotopic (exact) mass is 253 g/mol. The highest BCUT2D eigenvalue weighted by molar-refractivity contribution is 5.36. The summed E-state index contributed by atoms with van der Waals surface area (Å²) in [5.41, 5.74) is 2.79. The van der Waals surface area contributed by atoms with Crippen LogP contribution in [0.3, 0.4) is 0 Å². The second kappa shape index (κ2) is 5.58. The Labute approximate surface area is 116 Å². The van der Waals surface area contributed by atoms with Crippen molar-refractivity contribution in [2.45, 2.75) is 25.3 Å². The van der Waals surface area contributed by atoms with Crippen LogP contribution in [0.25, 0.3) is 0 Å². The molecule has 0 radical (unpaired) electrons. The second-order valence-corrected chi connectivity index (χ2v) is 5.80. The first-order chi connectivity index (χ1) is 9.03. The zero-order valence-electron chi connectivity index (χ0n) is 12.3. The number of rotatable bonds is 4. The maximum atomic E-state index is 2.30. The zero-order valence-corrected chi connectivity index (χ0v) is 12.3. The Bertz CT molecular complexity index is 460. The van der Waals surface area contributed by atoms with Gasteiger partial charge in [0.25, 0.3) is 0 Å². The molecule has 0 N–H and O–H groups in total. The molecule has 0 saturated carbocycles. The van der Waals surface area contributed by atoms with E-state index in [4.69, 9.17) is 0 Å². The lowest BCUT2D eigenvalue weighted by atomic mass is 9.76. The minimum atomic E-state index is 0.0582. The van der Waals surface area contributed by atoms with Crippen LogP contribution in [-0.2, 0) is 0 Å². The van der Waals surface area contributed by atoms with Crippen LogP contribution < -0.4 is 0 Å². The lowest BCUT2D eigenvalue weighted by molar-refractivity contribution is 0.173. The van der Waals surface area contributed by atoms with Crippen LogP contribution in [0, 0.1) is 0 Å². The highest BCUT2D eigenvalue weighted by atomic mass is 15.1. The molecule has 1 nitrogen and oxygen atoms in total. The molecule has 0 unspecified atom stereocenters. The maximum absolute atomic E-state index is 2.30. The van der Waals surface area contributed by atoms with Crippen LogP contribution in [0.15, 0.2) is 60.7 Å². The number of benzene rings is 2. The molecule has 2 rings (SSSR count). The fourth-order valence-corrected chi connectivity index (χ4v) is 2.56. The van der Waals surface area contributed by atoms with E-state index in [0.717, 1.165) is 0 Å². The Morgan fingerprint density at radius 3 is 1.42 bits per heavy atom. The summed E-state index contributed by atoms with van der Waals surface area (Å²) in [6.07, 6.45) is 0. The van der Waals surface area contributed by atoms with Crippen molar-refractivity contribution in [3.05, 3.63) is 71.8 Å². The lowest BCUT2D eigenvalue weighted by Crippen LogP contribution is -2.44. The molecule has 0 saturated heterocycles. The van der Waals surface area contributed by atoms with Gasteiger partial charge in [0.2, 0.25) is 0 Å². The number of hydrogen-bond donors (Lipinski definition) is 0. The van der Waals surface area contributed by atoms with Gasteiger partial charge in [-0.1, -0.05) is 60.7 Å². The fraction of sp³-hybridized carbons (Fsp3) is 0.333. The smallest absolute Gasteiger partial charge is 0.0268 e. The fourth-order valence-electron chi connectivity index (χ4n) is 2.56. The molecule has 2 aromatic carbocycles. The van der Waals surface area contributed by atoms with E-state index < -0.39 is 0 Å². The lowest BCUT2D eigenvalue weighted by Gasteiger charge is -2.41. The number of hydrogen-bond acceptors (Lipinski definition) is 1. The summed E-state index contributed by atoms with van der Waals surface area (Å²) in [4.78, 5) is 2.30. The molecule has 19 heavy (non-hydrogen) atoms. The summed E-state index contributed by atoms with van der Waals surface area (Å²) in [6.45, 7) is 4.61. The Morgan fingerprint density at radius 2 is 1.11 bits per heavy atom. The molecule has 0 fully saturated rings. The molecule has 0 aliphatic carbocycles. The average Bonchev–Trinajstić information content (AvgIpc) is 2.41. The van der Waals surface area contributed by atoms with Gasteiger partial charge in [-0.2, -0.15) is 0 Å². The van der Waals surface area contributed by atoms with Gasteiger partial charge in [0.1, 0.15) is 0 Å². The molecule has 0 bridgehead atoms. The largest absolute Gasteiger partial charge is 0.303 e. The van der Waals surface area contributed by atoms with Gasteiger partial charge in [-0.15, -0.1) is 0 Å². The van der Waals surface area contributed by atoms with Gasteiger partial charge < -0.3 is 4.90 Å². The molecule has 0 heterocycles. The van der Waals surface area contributed by atoms with E-state index in [2.05, 4.69) is 93.5 Å². The molecule has 0 aliphatic rings. The molecule has 100 valence electrons. The SMILES string of the molecule is CN(C)C(C)(C)C(c1ccccc1)c1ccccc1. The molecule has 0 aliphatic heterocycles. The summed E-state index contributed by atoms with van der Waals surface area (Å²) >= 11 is 0. The molecule has 0 spiro atoms. The third kappa shape index (κ3) is 2.87. The minimum Gasteiger partial charge on any atom is -0.303 e. The van der Waals surface area contributed by atoms with E-state index in [1.54, 1.807) is 0 Å². The third-order valence-electron chi connectivity index (χ3n) is 4.12. The van der Waals surface area contributed by atoms with Gasteiger partial charge in [-0.25, -0.2) is 0 Å². The van der Waals surface area contributed by atoms with Crippen molar-refractivity contribution in [1.29, 1.82) is 0 Å². The topological polar surface area (TPSA) is 3.24 Å². The zero-order chi connectivity index (χ0) is 13.9. The van der Waals surface area contributed by atoms with Crippen LogP contribution in [0.5, 0.6) is 0 Å². The van der Waals surface area contributed by atoms with E-state index in [-0.39, 0.29) is 5.54 Å². The van der Waals surface area contributed by atoms with Gasteiger partial charge in [-0.3, -0.25) is 0 Å². The molecular formula is C18H23N. The van der Waals surface area contributed by atoms with Gasteiger partial charge in [0.15, 0.2) is 0 Å². The standard InChI is InChI=1S/C18H23N/c1-18(2,19(3)4)17(15-11-7-5-8-12-15)16-13-9-6-10-14-16/h5-14,17H,1-4H3. The van der Waals surface area contributed by atoms with Crippen LogP contribution in [-0.4, -0.2) is 24.5 Å². The minimum absolute atomic E-state index is 0.0582. The summed E-state index contributed by atoms with van der Waals surface area (Å²) < 4.78 is 0. The molecule has 1 heteroatoms. The predicted molar refractivity (Wildman–Crippen MR) is 82.5 cm³/mol. The maximum Gasteiger partial charge on any atom is 0.0268 e. The Kier molecular flexibility index (Phi) is 4.06. The number of nitrogens with zero attached hydrogens (tertiary/aromatic N) is 1. The van der Waals surface area contributed by atoms with E-state index in [1.807, 2.05) is 0 Å². The van der Waals surface area contributed by atoms with Crippen molar-refractivity contribution in [2.75, 3.05) is 14.1 Å². The van der Waals surface area contributed by atoms with Crippen molar-refractivity contribution >= 4 is 0 Å². The average molecular weight is 253 g/mol. The first kappa shape index (κ1) is 13.8. The first-order valence-corrected chi connectivity index (χ1v) is 6.81. The quantitative estimate of drug-likeness (QED) is 0.791. The van der Waals surface area contributed by atoms with Crippen molar-refractivity contribution in [2.24, 2.45) is 0 Å². The summed E-state index contributed by atoms with van der Waals surface area (Å²) in [5, 5.41) is 0. The van der Waals surface area contributed by atoms with E-state index in [9.17, 15) is 0 Å². The van der Waals surface area contributed by atoms with Gasteiger partial charge in [-0.05, 0) is 39.1 Å². The first-order valence-electron chi connectivity index (χ1n) is 6.81. The molecule has 0 amide bonds. The van der Waals surface area contributed by atoms with Gasteiger partial charge >= 0.3 is 0 Å².